The van der Waals surface area contributed by atoms with Gasteiger partial charge in [0, 0.05) is 105 Å². The fourth-order valence-electron chi connectivity index (χ4n) is 13.4. The van der Waals surface area contributed by atoms with Crippen LogP contribution in [-0.2, 0) is 30.4 Å². The number of hydrogen-bond acceptors (Lipinski definition) is 17. The lowest BCUT2D eigenvalue weighted by molar-refractivity contribution is -0.0478. The molecule has 0 unspecified atom stereocenters. The number of fused-ring (bicyclic) bond motifs is 3. The molecule has 0 spiro atoms. The van der Waals surface area contributed by atoms with Crippen molar-refractivity contribution in [1.29, 1.82) is 0 Å². The van der Waals surface area contributed by atoms with Crippen LogP contribution in [0.25, 0.3) is 16.9 Å². The van der Waals surface area contributed by atoms with Crippen molar-refractivity contribution in [1.82, 2.24) is 57.0 Å². The summed E-state index contributed by atoms with van der Waals surface area (Å²) in [4.78, 5) is 54.7. The minimum Gasteiger partial charge on any atom is -0.406 e. The fraction of sp³-hybridized carbons (Fsp3) is 0.661. The molecule has 4 N–H and O–H groups in total. The number of aliphatic hydroxyl groups is 4. The molecule has 4 saturated heterocycles. The van der Waals surface area contributed by atoms with E-state index in [1.807, 2.05) is 44.8 Å². The van der Waals surface area contributed by atoms with Gasteiger partial charge in [-0.25, -0.2) is 33.5 Å². The molecule has 7 aromatic heterocycles. The third kappa shape index (κ3) is 13.4. The van der Waals surface area contributed by atoms with Crippen LogP contribution in [0, 0.1) is 17.8 Å². The van der Waals surface area contributed by atoms with E-state index in [-0.39, 0.29) is 53.7 Å². The molecule has 87 heavy (non-hydrogen) atoms. The number of ether oxygens (including phenoxy) is 4. The molecule has 0 radical (unpaired) electrons. The van der Waals surface area contributed by atoms with Crippen molar-refractivity contribution in [3.8, 4) is 0 Å². The first-order chi connectivity index (χ1) is 40.8. The van der Waals surface area contributed by atoms with Crippen molar-refractivity contribution in [2.45, 2.75) is 233 Å². The van der Waals surface area contributed by atoms with Crippen molar-refractivity contribution in [2.75, 3.05) is 6.61 Å². The van der Waals surface area contributed by atoms with E-state index < -0.39 is 63.6 Å². The van der Waals surface area contributed by atoms with E-state index in [4.69, 9.17) is 23.4 Å². The molecule has 15 atom stereocenters. The summed E-state index contributed by atoms with van der Waals surface area (Å²) in [5.41, 5.74) is 1.60. The molecule has 25 heteroatoms. The second kappa shape index (κ2) is 28.8. The van der Waals surface area contributed by atoms with E-state index in [9.17, 15) is 34.8 Å². The van der Waals surface area contributed by atoms with E-state index in [1.165, 1.54) is 35.1 Å². The van der Waals surface area contributed by atoms with Crippen LogP contribution in [0.3, 0.4) is 0 Å². The van der Waals surface area contributed by atoms with Gasteiger partial charge in [0.2, 0.25) is 24.6 Å². The quantitative estimate of drug-likeness (QED) is 0.0724. The third-order valence-electron chi connectivity index (χ3n) is 18.0. The van der Waals surface area contributed by atoms with Crippen LogP contribution in [0.5, 0.6) is 0 Å². The standard InChI is InChI=1S/C21H35N3O4Si.C15H27N3O.C13H17N3O3.C12H15N3O4.CH4/c1-8-17-18(26)19(28-29(13(2)3,14(4)5)15(6)7)21(27-17)24-11-9-16(25)20-22-10-12-23(20)24;1-10(2)13-9-19-12(5)18(13)14(11(3)4)15-16-7-8-17(15)6;1-3-10-8(2)11(18)13(19-10)16-6-4-9(17)12-14-5-7-15(12)16;1-2-8-9(17)10(18)12(19-8)15-5-3-7(16)11-13-4-6-14(11)15;/h9-15,17-19,21,26H,8H2,1-7H3;7-8,10-14H,9H2,1-6H3;4-8,10-11,13,18H,3H2,1-2H3;3-6,8-10,12,17-18H,2H2,1H3;1H4/t17-,18-,19-,21-;12-,13+,14+;8-,10-,11-,13-;8-,9-,10-,12-;/m1111./s1. The van der Waals surface area contributed by atoms with Crippen LogP contribution in [0.4, 0.5) is 0 Å². The van der Waals surface area contributed by atoms with Gasteiger partial charge in [-0.3, -0.25) is 33.3 Å². The Hall–Kier alpha value is -5.71. The summed E-state index contributed by atoms with van der Waals surface area (Å²) in [5, 5.41) is 41.4. The highest BCUT2D eigenvalue weighted by atomic mass is 28.4. The second-order valence-corrected chi connectivity index (χ2v) is 30.3. The Balaban J connectivity index is 0.000000168. The van der Waals surface area contributed by atoms with Crippen LogP contribution < -0.4 is 16.3 Å². The monoisotopic (exact) mass is 1230 g/mol. The highest BCUT2D eigenvalue weighted by Gasteiger charge is 2.54. The van der Waals surface area contributed by atoms with Gasteiger partial charge in [0.15, 0.2) is 35.6 Å². The van der Waals surface area contributed by atoms with E-state index in [0.717, 1.165) is 18.9 Å². The molecule has 0 saturated carbocycles. The summed E-state index contributed by atoms with van der Waals surface area (Å²) in [6, 6.07) is 5.09. The Morgan fingerprint density at radius 3 is 1.37 bits per heavy atom. The molecule has 24 nitrogen and oxygen atoms in total. The number of imidazole rings is 4. The number of hydrogen-bond donors (Lipinski definition) is 4. The average molecular weight is 1230 g/mol. The molecular formula is C62H98N12O12Si. The fourth-order valence-corrected chi connectivity index (χ4v) is 19.0. The third-order valence-corrected chi connectivity index (χ3v) is 24.1. The molecule has 482 valence electrons. The minimum atomic E-state index is -2.25. The zero-order valence-electron chi connectivity index (χ0n) is 52.9. The summed E-state index contributed by atoms with van der Waals surface area (Å²) < 4.78 is 42.8. The van der Waals surface area contributed by atoms with Gasteiger partial charge in [-0.2, -0.15) is 0 Å². The Morgan fingerprint density at radius 1 is 0.563 bits per heavy atom. The summed E-state index contributed by atoms with van der Waals surface area (Å²) >= 11 is 0. The largest absolute Gasteiger partial charge is 0.406 e. The van der Waals surface area contributed by atoms with Crippen LogP contribution in [0.15, 0.2) is 101 Å². The van der Waals surface area contributed by atoms with Gasteiger partial charge < -0.3 is 48.4 Å². The molecule has 4 aliphatic rings. The zero-order chi connectivity index (χ0) is 62.8. The Kier molecular flexibility index (Phi) is 22.8. The van der Waals surface area contributed by atoms with Gasteiger partial charge in [0.25, 0.3) is 0 Å². The Morgan fingerprint density at radius 2 is 0.977 bits per heavy atom. The summed E-state index contributed by atoms with van der Waals surface area (Å²) in [5.74, 6) is 2.30. The van der Waals surface area contributed by atoms with Crippen molar-refractivity contribution < 1.29 is 43.8 Å². The maximum Gasteiger partial charge on any atom is 0.224 e. The van der Waals surface area contributed by atoms with Gasteiger partial charge in [-0.15, -0.1) is 0 Å². The van der Waals surface area contributed by atoms with Crippen molar-refractivity contribution in [2.24, 2.45) is 24.8 Å². The molecule has 0 amide bonds. The van der Waals surface area contributed by atoms with Crippen molar-refractivity contribution in [3.05, 3.63) is 123 Å². The Bertz CT molecular complexity index is 3360. The topological polar surface area (TPSA) is 266 Å². The normalized spacial score (nSPS) is 28.0. The summed E-state index contributed by atoms with van der Waals surface area (Å²) in [7, 11) is -0.181. The lowest BCUT2D eigenvalue weighted by Gasteiger charge is -2.45. The van der Waals surface area contributed by atoms with E-state index in [0.29, 0.717) is 64.7 Å². The van der Waals surface area contributed by atoms with Crippen molar-refractivity contribution in [3.63, 3.8) is 0 Å². The maximum absolute atomic E-state index is 12.2. The van der Waals surface area contributed by atoms with Crippen molar-refractivity contribution >= 4 is 25.3 Å². The highest BCUT2D eigenvalue weighted by Crippen LogP contribution is 2.47. The van der Waals surface area contributed by atoms with Gasteiger partial charge in [0.05, 0.1) is 31.0 Å². The molecule has 4 aliphatic heterocycles. The molecule has 11 heterocycles. The van der Waals surface area contributed by atoms with Crippen LogP contribution in [-0.4, -0.2) is 153 Å². The first-order valence-electron chi connectivity index (χ1n) is 30.7. The minimum absolute atomic E-state index is 0. The molecule has 0 aliphatic carbocycles. The SMILES string of the molecule is C.CC(C)[C@@H](c1nccn1C)N1[C@@H](C)OC[C@H]1C(C)C.CC[C@H]1O[C@@H](n2ccc(=O)c3nccn32)[C@H](O)[C@@H]1C.CC[C@H]1O[C@@H](n2ccc(=O)c3nccn32)[C@H](O)[C@@H]1O.CC[C@H]1O[C@@H](n2ccc(=O)c3nccn32)[C@H](O[Si](C(C)C)(C(C)C)C(C)C)[C@@H]1O. The predicted octanol–water partition coefficient (Wildman–Crippen LogP) is 7.51. The molecule has 7 aromatic rings. The van der Waals surface area contributed by atoms with Crippen LogP contribution >= 0.6 is 0 Å². The Labute approximate surface area is 511 Å². The summed E-state index contributed by atoms with van der Waals surface area (Å²) in [6.07, 6.45) is 14.5. The van der Waals surface area contributed by atoms with Gasteiger partial charge in [-0.05, 0) is 54.6 Å². The molecule has 0 bridgehead atoms. The number of aryl methyl sites for hydroxylation is 1. The van der Waals surface area contributed by atoms with E-state index in [1.54, 1.807) is 61.8 Å². The number of nitrogens with zero attached hydrogens (tertiary/aromatic N) is 12. The summed E-state index contributed by atoms with van der Waals surface area (Å²) in [6.45, 7) is 33.3. The lowest BCUT2D eigenvalue weighted by Crippen LogP contribution is -2.53. The highest BCUT2D eigenvalue weighted by molar-refractivity contribution is 6.77. The van der Waals surface area contributed by atoms with Gasteiger partial charge in [-0.1, -0.05) is 104 Å². The first kappa shape index (κ1) is 68.8. The molecule has 4 fully saturated rings. The molecular weight excluding hydrogens is 1130 g/mol. The number of aromatic nitrogens is 11. The maximum atomic E-state index is 12.2. The van der Waals surface area contributed by atoms with Crippen LogP contribution in [0.2, 0.25) is 16.6 Å². The van der Waals surface area contributed by atoms with Gasteiger partial charge >= 0.3 is 0 Å². The smallest absolute Gasteiger partial charge is 0.224 e. The molecule has 11 rings (SSSR count). The average Bonchev–Trinajstić information content (AvgIpc) is 1.79. The number of aliphatic hydroxyl groups excluding tert-OH is 4. The lowest BCUT2D eigenvalue weighted by atomic mass is 9.96. The first-order valence-corrected chi connectivity index (χ1v) is 32.8. The van der Waals surface area contributed by atoms with Gasteiger partial charge in [0.1, 0.15) is 42.6 Å². The zero-order valence-corrected chi connectivity index (χ0v) is 53.9. The van der Waals surface area contributed by atoms with E-state index >= 15 is 0 Å². The predicted molar refractivity (Wildman–Crippen MR) is 333 cm³/mol. The van der Waals surface area contributed by atoms with E-state index in [2.05, 4.69) is 113 Å². The molecule has 0 aromatic carbocycles. The second-order valence-electron chi connectivity index (χ2n) is 24.9. The van der Waals surface area contributed by atoms with Crippen LogP contribution in [0.1, 0.15) is 161 Å². The number of rotatable bonds is 15.